The molecule has 1 amide bonds. The molecule has 0 aliphatic heterocycles. The van der Waals surface area contributed by atoms with Gasteiger partial charge >= 0.3 is 0 Å². The number of aryl methyl sites for hydroxylation is 1. The molecule has 1 aromatic carbocycles. The van der Waals surface area contributed by atoms with Crippen LogP contribution in [0.5, 0.6) is 0 Å². The number of nitrogens with one attached hydrogen (secondary N) is 1. The van der Waals surface area contributed by atoms with Crippen molar-refractivity contribution >= 4 is 11.7 Å². The predicted molar refractivity (Wildman–Crippen MR) is 102 cm³/mol. The Bertz CT molecular complexity index is 873. The molecule has 134 valence electrons. The molecule has 0 saturated carbocycles. The van der Waals surface area contributed by atoms with Crippen LogP contribution in [0.4, 0.5) is 5.82 Å². The average molecular weight is 349 g/mol. The number of nitrogens with zero attached hydrogens (tertiary/aromatic N) is 4. The summed E-state index contributed by atoms with van der Waals surface area (Å²) < 4.78 is 1.83. The van der Waals surface area contributed by atoms with Crippen molar-refractivity contribution in [2.24, 2.45) is 0 Å². The lowest BCUT2D eigenvalue weighted by Gasteiger charge is -2.09. The summed E-state index contributed by atoms with van der Waals surface area (Å²) in [5.74, 6) is 1.05. The number of carbonyl (C=O) groups excluding carboxylic acids is 1. The lowest BCUT2D eigenvalue weighted by atomic mass is 10.1. The highest BCUT2D eigenvalue weighted by Crippen LogP contribution is 2.18. The van der Waals surface area contributed by atoms with E-state index in [0.717, 1.165) is 42.9 Å². The van der Waals surface area contributed by atoms with Crippen molar-refractivity contribution in [1.29, 1.82) is 0 Å². The Morgan fingerprint density at radius 2 is 1.85 bits per heavy atom. The molecule has 0 unspecified atom stereocenters. The van der Waals surface area contributed by atoms with Gasteiger partial charge < -0.3 is 5.32 Å². The lowest BCUT2D eigenvalue weighted by Crippen LogP contribution is -2.16. The second kappa shape index (κ2) is 8.38. The van der Waals surface area contributed by atoms with Crippen molar-refractivity contribution < 1.29 is 4.79 Å². The Morgan fingerprint density at radius 3 is 2.58 bits per heavy atom. The van der Waals surface area contributed by atoms with Crippen LogP contribution in [-0.2, 0) is 12.8 Å². The second-order valence-electron chi connectivity index (χ2n) is 6.06. The van der Waals surface area contributed by atoms with E-state index >= 15 is 0 Å². The quantitative estimate of drug-likeness (QED) is 0.704. The van der Waals surface area contributed by atoms with E-state index in [1.807, 2.05) is 35.0 Å². The van der Waals surface area contributed by atoms with Crippen LogP contribution in [-0.4, -0.2) is 25.7 Å². The molecule has 0 bridgehead atoms. The van der Waals surface area contributed by atoms with Gasteiger partial charge in [0.25, 0.3) is 5.91 Å². The number of hydrogen-bond donors (Lipinski definition) is 1. The third-order valence-corrected chi connectivity index (χ3v) is 4.02. The van der Waals surface area contributed by atoms with Gasteiger partial charge in [0.05, 0.1) is 23.1 Å². The maximum atomic E-state index is 12.8. The van der Waals surface area contributed by atoms with E-state index in [1.165, 1.54) is 0 Å². The number of para-hydroxylation sites is 1. The van der Waals surface area contributed by atoms with Gasteiger partial charge in [-0.1, -0.05) is 38.5 Å². The molecule has 0 atom stereocenters. The Morgan fingerprint density at radius 1 is 1.08 bits per heavy atom. The lowest BCUT2D eigenvalue weighted by molar-refractivity contribution is 0.102. The summed E-state index contributed by atoms with van der Waals surface area (Å²) in [5, 5.41) is 7.32. The van der Waals surface area contributed by atoms with Gasteiger partial charge in [-0.3, -0.25) is 4.79 Å². The summed E-state index contributed by atoms with van der Waals surface area (Å²) in [6, 6.07) is 11.6. The molecule has 0 spiro atoms. The number of carbonyl (C=O) groups is 1. The summed E-state index contributed by atoms with van der Waals surface area (Å²) in [6.45, 7) is 4.16. The first-order valence-corrected chi connectivity index (χ1v) is 8.98. The maximum Gasteiger partial charge on any atom is 0.260 e. The van der Waals surface area contributed by atoms with Crippen LogP contribution >= 0.6 is 0 Å². The summed E-state index contributed by atoms with van der Waals surface area (Å²) in [6.07, 6.45) is 6.74. The number of hydrogen-bond acceptors (Lipinski definition) is 4. The number of benzene rings is 1. The van der Waals surface area contributed by atoms with Gasteiger partial charge in [-0.05, 0) is 31.0 Å². The zero-order chi connectivity index (χ0) is 18.4. The number of rotatable bonds is 7. The zero-order valence-electron chi connectivity index (χ0n) is 15.1. The fraction of sp³-hybridized carbons (Fsp3) is 0.300. The molecule has 0 radical (unpaired) electrons. The van der Waals surface area contributed by atoms with E-state index in [2.05, 4.69) is 34.2 Å². The Kier molecular flexibility index (Phi) is 5.73. The minimum Gasteiger partial charge on any atom is -0.306 e. The molecule has 0 aliphatic rings. The van der Waals surface area contributed by atoms with Crippen molar-refractivity contribution in [2.45, 2.75) is 39.5 Å². The summed E-state index contributed by atoms with van der Waals surface area (Å²) >= 11 is 0. The van der Waals surface area contributed by atoms with Crippen molar-refractivity contribution in [1.82, 2.24) is 19.7 Å². The van der Waals surface area contributed by atoms with E-state index in [-0.39, 0.29) is 5.91 Å². The standard InChI is InChI=1S/C20H23N5O/c1-3-8-17-16(14-22-25(17)15-10-6-5-7-11-15)20(26)24-19-12-13-21-18(23-19)9-4-2/h5-7,10-14H,3-4,8-9H2,1-2H3,(H,21,23,24,26). The molecule has 3 aromatic rings. The number of amides is 1. The Labute approximate surface area is 153 Å². The number of anilines is 1. The summed E-state index contributed by atoms with van der Waals surface area (Å²) in [7, 11) is 0. The SMILES string of the molecule is CCCc1nccc(NC(=O)c2cnn(-c3ccccc3)c2CCC)n1. The highest BCUT2D eigenvalue weighted by molar-refractivity contribution is 6.04. The molecule has 0 fully saturated rings. The van der Waals surface area contributed by atoms with E-state index < -0.39 is 0 Å². The molecule has 0 aliphatic carbocycles. The molecular weight excluding hydrogens is 326 g/mol. The van der Waals surface area contributed by atoms with Crippen molar-refractivity contribution in [3.8, 4) is 5.69 Å². The van der Waals surface area contributed by atoms with Gasteiger partial charge in [0.2, 0.25) is 0 Å². The van der Waals surface area contributed by atoms with Crippen LogP contribution in [0.3, 0.4) is 0 Å². The van der Waals surface area contributed by atoms with E-state index in [9.17, 15) is 4.79 Å². The van der Waals surface area contributed by atoms with Crippen LogP contribution in [0.25, 0.3) is 5.69 Å². The van der Waals surface area contributed by atoms with Crippen LogP contribution in [0, 0.1) is 0 Å². The Hall–Kier alpha value is -3.02. The third kappa shape index (κ3) is 3.96. The summed E-state index contributed by atoms with van der Waals surface area (Å²) in [4.78, 5) is 21.4. The van der Waals surface area contributed by atoms with Gasteiger partial charge in [-0.15, -0.1) is 0 Å². The molecule has 6 heteroatoms. The molecule has 2 aromatic heterocycles. The highest BCUT2D eigenvalue weighted by Gasteiger charge is 2.18. The first kappa shape index (κ1) is 17.8. The van der Waals surface area contributed by atoms with E-state index in [1.54, 1.807) is 18.5 Å². The van der Waals surface area contributed by atoms with Crippen molar-refractivity contribution in [3.63, 3.8) is 0 Å². The monoisotopic (exact) mass is 349 g/mol. The van der Waals surface area contributed by atoms with Gasteiger partial charge in [-0.25, -0.2) is 14.6 Å². The molecule has 0 saturated heterocycles. The van der Waals surface area contributed by atoms with Crippen LogP contribution in [0.15, 0.2) is 48.8 Å². The largest absolute Gasteiger partial charge is 0.306 e. The van der Waals surface area contributed by atoms with Crippen molar-refractivity contribution in [2.75, 3.05) is 5.32 Å². The van der Waals surface area contributed by atoms with Gasteiger partial charge in [0, 0.05) is 12.6 Å². The van der Waals surface area contributed by atoms with Gasteiger partial charge in [-0.2, -0.15) is 5.10 Å². The van der Waals surface area contributed by atoms with Crippen LogP contribution < -0.4 is 5.32 Å². The molecule has 2 heterocycles. The topological polar surface area (TPSA) is 72.7 Å². The fourth-order valence-electron chi connectivity index (χ4n) is 2.83. The molecule has 3 rings (SSSR count). The minimum absolute atomic E-state index is 0.197. The minimum atomic E-state index is -0.197. The molecular formula is C20H23N5O. The Balaban J connectivity index is 1.87. The zero-order valence-corrected chi connectivity index (χ0v) is 15.1. The van der Waals surface area contributed by atoms with Crippen LogP contribution in [0.2, 0.25) is 0 Å². The normalized spacial score (nSPS) is 10.7. The average Bonchev–Trinajstić information content (AvgIpc) is 3.07. The maximum absolute atomic E-state index is 12.8. The smallest absolute Gasteiger partial charge is 0.260 e. The molecule has 26 heavy (non-hydrogen) atoms. The fourth-order valence-corrected chi connectivity index (χ4v) is 2.83. The van der Waals surface area contributed by atoms with Crippen molar-refractivity contribution in [3.05, 3.63) is 65.9 Å². The van der Waals surface area contributed by atoms with E-state index in [0.29, 0.717) is 11.4 Å². The predicted octanol–water partition coefficient (Wildman–Crippen LogP) is 3.82. The van der Waals surface area contributed by atoms with E-state index in [4.69, 9.17) is 0 Å². The first-order valence-electron chi connectivity index (χ1n) is 8.98. The first-order chi connectivity index (χ1) is 12.7. The summed E-state index contributed by atoms with van der Waals surface area (Å²) in [5.41, 5.74) is 2.42. The highest BCUT2D eigenvalue weighted by atomic mass is 16.1. The molecule has 6 nitrogen and oxygen atoms in total. The van der Waals surface area contributed by atoms with Gasteiger partial charge in [0.15, 0.2) is 0 Å². The number of aromatic nitrogens is 4. The molecule has 1 N–H and O–H groups in total. The van der Waals surface area contributed by atoms with Crippen LogP contribution in [0.1, 0.15) is 48.6 Å². The van der Waals surface area contributed by atoms with Gasteiger partial charge in [0.1, 0.15) is 11.6 Å². The second-order valence-corrected chi connectivity index (χ2v) is 6.06. The third-order valence-electron chi connectivity index (χ3n) is 4.02.